The summed E-state index contributed by atoms with van der Waals surface area (Å²) in [5.41, 5.74) is 7.57. The molecule has 6 nitrogen and oxygen atoms in total. The van der Waals surface area contributed by atoms with E-state index in [0.717, 1.165) is 73.5 Å². The van der Waals surface area contributed by atoms with Crippen LogP contribution in [0.4, 0.5) is 0 Å². The first-order chi connectivity index (χ1) is 16.1. The van der Waals surface area contributed by atoms with Gasteiger partial charge in [-0.15, -0.1) is 0 Å². The van der Waals surface area contributed by atoms with E-state index in [1.54, 1.807) is 7.11 Å². The summed E-state index contributed by atoms with van der Waals surface area (Å²) in [6.07, 6.45) is 7.18. The molecule has 172 valence electrons. The number of carbonyl (C=O) groups is 1. The third-order valence-electron chi connectivity index (χ3n) is 6.99. The van der Waals surface area contributed by atoms with E-state index in [9.17, 15) is 4.79 Å². The molecule has 1 N–H and O–H groups in total. The van der Waals surface area contributed by atoms with E-state index in [4.69, 9.17) is 9.72 Å². The Balaban J connectivity index is 1.32. The lowest BCUT2D eigenvalue weighted by Gasteiger charge is -2.32. The van der Waals surface area contributed by atoms with Gasteiger partial charge in [0.25, 0.3) is 5.91 Å². The minimum atomic E-state index is 0.0743. The normalized spacial score (nSPS) is 18.1. The Morgan fingerprint density at radius 1 is 1.12 bits per heavy atom. The van der Waals surface area contributed by atoms with Gasteiger partial charge in [-0.2, -0.15) is 5.10 Å². The Bertz CT molecular complexity index is 1140. The molecule has 0 unspecified atom stereocenters. The number of aromatic amines is 1. The summed E-state index contributed by atoms with van der Waals surface area (Å²) in [7, 11) is 1.69. The van der Waals surface area contributed by atoms with E-state index in [-0.39, 0.29) is 11.8 Å². The van der Waals surface area contributed by atoms with Gasteiger partial charge in [0.15, 0.2) is 5.69 Å². The molecule has 3 aromatic rings. The Labute approximate surface area is 195 Å². The van der Waals surface area contributed by atoms with E-state index in [1.165, 1.54) is 17.5 Å². The third-order valence-corrected chi connectivity index (χ3v) is 6.99. The average Bonchev–Trinajstić information content (AvgIpc) is 3.28. The zero-order valence-electron chi connectivity index (χ0n) is 19.6. The molecule has 0 bridgehead atoms. The molecule has 3 heterocycles. The first kappa shape index (κ1) is 21.7. The van der Waals surface area contributed by atoms with Crippen LogP contribution in [0.3, 0.4) is 0 Å². The molecular formula is C27H32N4O2. The molecule has 1 saturated heterocycles. The number of pyridine rings is 1. The van der Waals surface area contributed by atoms with Crippen molar-refractivity contribution in [3.63, 3.8) is 0 Å². The lowest BCUT2D eigenvalue weighted by atomic mass is 9.91. The van der Waals surface area contributed by atoms with E-state index >= 15 is 0 Å². The molecule has 1 aromatic carbocycles. The van der Waals surface area contributed by atoms with Crippen LogP contribution in [-0.4, -0.2) is 46.2 Å². The maximum Gasteiger partial charge on any atom is 0.274 e. The molecule has 2 aromatic heterocycles. The highest BCUT2D eigenvalue weighted by Crippen LogP contribution is 2.30. The fourth-order valence-electron chi connectivity index (χ4n) is 5.27. The van der Waals surface area contributed by atoms with Crippen molar-refractivity contribution in [1.82, 2.24) is 20.1 Å². The number of fused-ring (bicyclic) bond motifs is 1. The van der Waals surface area contributed by atoms with Crippen molar-refractivity contribution in [3.8, 4) is 5.75 Å². The summed E-state index contributed by atoms with van der Waals surface area (Å²) in [5.74, 6) is 1.20. The molecule has 2 aliphatic rings. The number of piperidine rings is 1. The van der Waals surface area contributed by atoms with Crippen LogP contribution in [-0.2, 0) is 19.3 Å². The lowest BCUT2D eigenvalue weighted by Crippen LogP contribution is -2.40. The summed E-state index contributed by atoms with van der Waals surface area (Å²) in [6.45, 7) is 3.56. The number of hydrogen-bond acceptors (Lipinski definition) is 4. The first-order valence-corrected chi connectivity index (χ1v) is 12.1. The Morgan fingerprint density at radius 3 is 2.76 bits per heavy atom. The van der Waals surface area contributed by atoms with Gasteiger partial charge in [-0.25, -0.2) is 0 Å². The van der Waals surface area contributed by atoms with Crippen molar-refractivity contribution in [3.05, 3.63) is 75.9 Å². The Kier molecular flexibility index (Phi) is 6.16. The largest absolute Gasteiger partial charge is 0.497 e. The highest BCUT2D eigenvalue weighted by molar-refractivity contribution is 5.94. The number of hydrogen-bond donors (Lipinski definition) is 1. The zero-order valence-corrected chi connectivity index (χ0v) is 19.6. The zero-order chi connectivity index (χ0) is 22.8. The number of aromatic nitrogens is 3. The fraction of sp³-hybridized carbons (Fsp3) is 0.444. The Hall–Kier alpha value is -3.15. The predicted molar refractivity (Wildman–Crippen MR) is 128 cm³/mol. The van der Waals surface area contributed by atoms with Crippen LogP contribution in [0.15, 0.2) is 36.4 Å². The number of aryl methyl sites for hydroxylation is 2. The molecule has 1 aliphatic carbocycles. The van der Waals surface area contributed by atoms with E-state index < -0.39 is 0 Å². The second kappa shape index (κ2) is 9.38. The third kappa shape index (κ3) is 4.65. The number of nitrogens with zero attached hydrogens (tertiary/aromatic N) is 3. The van der Waals surface area contributed by atoms with Gasteiger partial charge in [0, 0.05) is 41.7 Å². The summed E-state index contributed by atoms with van der Waals surface area (Å²) >= 11 is 0. The van der Waals surface area contributed by atoms with Crippen LogP contribution in [0.2, 0.25) is 0 Å². The van der Waals surface area contributed by atoms with Crippen LogP contribution in [0.1, 0.15) is 75.9 Å². The maximum absolute atomic E-state index is 13.3. The van der Waals surface area contributed by atoms with Crippen LogP contribution in [0, 0.1) is 6.92 Å². The second-order valence-electron chi connectivity index (χ2n) is 9.39. The van der Waals surface area contributed by atoms with Crippen LogP contribution >= 0.6 is 0 Å². The quantitative estimate of drug-likeness (QED) is 0.624. The predicted octanol–water partition coefficient (Wildman–Crippen LogP) is 4.61. The summed E-state index contributed by atoms with van der Waals surface area (Å²) in [4.78, 5) is 20.2. The molecule has 0 radical (unpaired) electrons. The van der Waals surface area contributed by atoms with Crippen molar-refractivity contribution < 1.29 is 9.53 Å². The molecule has 0 saturated carbocycles. The molecule has 1 aliphatic heterocycles. The lowest BCUT2D eigenvalue weighted by molar-refractivity contribution is 0.0698. The van der Waals surface area contributed by atoms with E-state index in [2.05, 4.69) is 41.4 Å². The van der Waals surface area contributed by atoms with Crippen molar-refractivity contribution in [2.75, 3.05) is 20.2 Å². The number of likely N-dealkylation sites (tertiary alicyclic amines) is 1. The number of H-pyrrole nitrogens is 1. The number of methoxy groups -OCH3 is 1. The minimum absolute atomic E-state index is 0.0743. The van der Waals surface area contributed by atoms with Crippen molar-refractivity contribution in [2.45, 2.75) is 57.8 Å². The number of ether oxygens (including phenoxy) is 1. The first-order valence-electron chi connectivity index (χ1n) is 12.1. The Morgan fingerprint density at radius 2 is 1.94 bits per heavy atom. The van der Waals surface area contributed by atoms with Gasteiger partial charge in [0.1, 0.15) is 5.75 Å². The van der Waals surface area contributed by atoms with Gasteiger partial charge in [-0.05, 0) is 87.3 Å². The molecule has 6 heteroatoms. The SMILES string of the molecule is COc1ccc(Cc2cc(C)nc([C@@H]3CCCN(C(=O)c4n[nH]c5c4CCCC5)C3)c2)cc1. The number of carbonyl (C=O) groups excluding carboxylic acids is 1. The molecular weight excluding hydrogens is 412 g/mol. The molecule has 1 fully saturated rings. The molecule has 5 rings (SSSR count). The summed E-state index contributed by atoms with van der Waals surface area (Å²) in [5, 5.41) is 7.53. The van der Waals surface area contributed by atoms with Crippen molar-refractivity contribution in [1.29, 1.82) is 0 Å². The van der Waals surface area contributed by atoms with Gasteiger partial charge in [0.2, 0.25) is 0 Å². The highest BCUT2D eigenvalue weighted by Gasteiger charge is 2.30. The molecule has 1 amide bonds. The topological polar surface area (TPSA) is 71.1 Å². The molecule has 33 heavy (non-hydrogen) atoms. The standard InChI is InChI=1S/C27H32N4O2/c1-18-14-20(15-19-9-11-22(33-2)12-10-19)16-25(28-18)21-6-5-13-31(17-21)27(32)26-23-7-3-4-8-24(23)29-30-26/h9-12,14,16,21H,3-8,13,15,17H2,1-2H3,(H,29,30)/t21-/m1/s1. The van der Waals surface area contributed by atoms with Gasteiger partial charge in [-0.1, -0.05) is 12.1 Å². The number of amides is 1. The van der Waals surface area contributed by atoms with Gasteiger partial charge < -0.3 is 9.64 Å². The van der Waals surface area contributed by atoms with Crippen LogP contribution in [0.5, 0.6) is 5.75 Å². The van der Waals surface area contributed by atoms with Crippen molar-refractivity contribution in [2.24, 2.45) is 0 Å². The van der Waals surface area contributed by atoms with Crippen LogP contribution < -0.4 is 4.74 Å². The average molecular weight is 445 g/mol. The highest BCUT2D eigenvalue weighted by atomic mass is 16.5. The fourth-order valence-corrected chi connectivity index (χ4v) is 5.27. The van der Waals surface area contributed by atoms with E-state index in [1.807, 2.05) is 17.0 Å². The smallest absolute Gasteiger partial charge is 0.274 e. The number of benzene rings is 1. The monoisotopic (exact) mass is 444 g/mol. The number of nitrogens with one attached hydrogen (secondary N) is 1. The summed E-state index contributed by atoms with van der Waals surface area (Å²) in [6, 6.07) is 12.6. The molecule has 1 atom stereocenters. The summed E-state index contributed by atoms with van der Waals surface area (Å²) < 4.78 is 5.28. The number of rotatable bonds is 5. The van der Waals surface area contributed by atoms with Crippen LogP contribution in [0.25, 0.3) is 0 Å². The molecule has 0 spiro atoms. The van der Waals surface area contributed by atoms with Gasteiger partial charge >= 0.3 is 0 Å². The van der Waals surface area contributed by atoms with E-state index in [0.29, 0.717) is 12.2 Å². The minimum Gasteiger partial charge on any atom is -0.497 e. The van der Waals surface area contributed by atoms with Gasteiger partial charge in [0.05, 0.1) is 7.11 Å². The second-order valence-corrected chi connectivity index (χ2v) is 9.39. The van der Waals surface area contributed by atoms with Gasteiger partial charge in [-0.3, -0.25) is 14.9 Å². The maximum atomic E-state index is 13.3. The van der Waals surface area contributed by atoms with Crippen molar-refractivity contribution >= 4 is 5.91 Å².